The molecule has 2 rings (SSSR count). The first kappa shape index (κ1) is 13.4. The third-order valence-corrected chi connectivity index (χ3v) is 4.46. The second-order valence-electron chi connectivity index (χ2n) is 5.18. The van der Waals surface area contributed by atoms with Crippen LogP contribution in [0.25, 0.3) is 0 Å². The molecule has 1 aromatic rings. The van der Waals surface area contributed by atoms with Gasteiger partial charge in [0.15, 0.2) is 0 Å². The maximum atomic E-state index is 11.8. The van der Waals surface area contributed by atoms with Gasteiger partial charge in [0.25, 0.3) is 0 Å². The number of nitrogens with one attached hydrogen (secondary N) is 1. The summed E-state index contributed by atoms with van der Waals surface area (Å²) in [5.41, 5.74) is 5.91. The van der Waals surface area contributed by atoms with Crippen LogP contribution >= 0.6 is 15.9 Å². The SMILES string of the molecule is CC(Nc1ccc(Br)cc1)(C(N)=O)C1CCCC1. The number of halogens is 1. The molecule has 1 saturated carbocycles. The average molecular weight is 311 g/mol. The lowest BCUT2D eigenvalue weighted by Crippen LogP contribution is -2.52. The van der Waals surface area contributed by atoms with Crippen molar-refractivity contribution in [1.82, 2.24) is 0 Å². The highest BCUT2D eigenvalue weighted by molar-refractivity contribution is 9.10. The molecule has 0 aliphatic heterocycles. The Balaban J connectivity index is 2.20. The van der Waals surface area contributed by atoms with Gasteiger partial charge in [-0.1, -0.05) is 28.8 Å². The molecule has 18 heavy (non-hydrogen) atoms. The lowest BCUT2D eigenvalue weighted by molar-refractivity contribution is -0.123. The number of hydrogen-bond donors (Lipinski definition) is 2. The van der Waals surface area contributed by atoms with E-state index in [0.717, 1.165) is 23.0 Å². The van der Waals surface area contributed by atoms with E-state index in [1.165, 1.54) is 12.8 Å². The lowest BCUT2D eigenvalue weighted by atomic mass is 9.83. The Morgan fingerprint density at radius 3 is 2.39 bits per heavy atom. The third kappa shape index (κ3) is 2.69. The van der Waals surface area contributed by atoms with Crippen molar-refractivity contribution >= 4 is 27.5 Å². The predicted molar refractivity (Wildman–Crippen MR) is 77.3 cm³/mol. The van der Waals surface area contributed by atoms with Crippen molar-refractivity contribution in [3.63, 3.8) is 0 Å². The zero-order valence-corrected chi connectivity index (χ0v) is 12.2. The van der Waals surface area contributed by atoms with Gasteiger partial charge in [0, 0.05) is 10.2 Å². The van der Waals surface area contributed by atoms with E-state index in [1.807, 2.05) is 31.2 Å². The predicted octanol–water partition coefficient (Wildman–Crippen LogP) is 3.30. The highest BCUT2D eigenvalue weighted by Crippen LogP contribution is 2.36. The number of rotatable bonds is 4. The fourth-order valence-corrected chi connectivity index (χ4v) is 2.97. The van der Waals surface area contributed by atoms with E-state index < -0.39 is 5.54 Å². The molecule has 0 radical (unpaired) electrons. The van der Waals surface area contributed by atoms with Crippen molar-refractivity contribution in [3.05, 3.63) is 28.7 Å². The minimum Gasteiger partial charge on any atom is -0.371 e. The van der Waals surface area contributed by atoms with Gasteiger partial charge in [-0.2, -0.15) is 0 Å². The van der Waals surface area contributed by atoms with E-state index in [2.05, 4.69) is 21.2 Å². The normalized spacial score (nSPS) is 19.4. The van der Waals surface area contributed by atoms with Crippen LogP contribution in [0.2, 0.25) is 0 Å². The summed E-state index contributed by atoms with van der Waals surface area (Å²) in [5, 5.41) is 3.33. The van der Waals surface area contributed by atoms with Crippen LogP contribution in [0.15, 0.2) is 28.7 Å². The van der Waals surface area contributed by atoms with E-state index in [-0.39, 0.29) is 5.91 Å². The molecule has 1 aromatic carbocycles. The highest BCUT2D eigenvalue weighted by atomic mass is 79.9. The Kier molecular flexibility index (Phi) is 3.95. The average Bonchev–Trinajstić information content (AvgIpc) is 2.86. The number of anilines is 1. The summed E-state index contributed by atoms with van der Waals surface area (Å²) in [5.74, 6) is 0.0657. The van der Waals surface area contributed by atoms with Gasteiger partial charge in [-0.15, -0.1) is 0 Å². The minimum atomic E-state index is -0.648. The number of hydrogen-bond acceptors (Lipinski definition) is 2. The second-order valence-corrected chi connectivity index (χ2v) is 6.10. The highest BCUT2D eigenvalue weighted by Gasteiger charge is 2.40. The number of primary amides is 1. The van der Waals surface area contributed by atoms with Gasteiger partial charge in [-0.3, -0.25) is 4.79 Å². The Morgan fingerprint density at radius 1 is 1.33 bits per heavy atom. The molecule has 0 bridgehead atoms. The van der Waals surface area contributed by atoms with Crippen LogP contribution in [0.1, 0.15) is 32.6 Å². The number of carbonyl (C=O) groups is 1. The molecule has 1 atom stereocenters. The molecule has 0 saturated heterocycles. The van der Waals surface area contributed by atoms with Crippen LogP contribution in [-0.4, -0.2) is 11.4 Å². The zero-order valence-electron chi connectivity index (χ0n) is 10.6. The molecule has 1 fully saturated rings. The zero-order chi connectivity index (χ0) is 13.2. The molecule has 4 heteroatoms. The van der Waals surface area contributed by atoms with Crippen molar-refractivity contribution in [3.8, 4) is 0 Å². The van der Waals surface area contributed by atoms with E-state index in [0.29, 0.717) is 5.92 Å². The van der Waals surface area contributed by atoms with Gasteiger partial charge < -0.3 is 11.1 Å². The van der Waals surface area contributed by atoms with Crippen molar-refractivity contribution < 1.29 is 4.79 Å². The Morgan fingerprint density at radius 2 is 1.89 bits per heavy atom. The minimum absolute atomic E-state index is 0.266. The summed E-state index contributed by atoms with van der Waals surface area (Å²) in [6, 6.07) is 7.83. The summed E-state index contributed by atoms with van der Waals surface area (Å²) in [6.07, 6.45) is 4.52. The van der Waals surface area contributed by atoms with E-state index >= 15 is 0 Å². The Bertz CT molecular complexity index is 426. The monoisotopic (exact) mass is 310 g/mol. The second kappa shape index (κ2) is 5.31. The third-order valence-electron chi connectivity index (χ3n) is 3.93. The number of nitrogens with two attached hydrogens (primary N) is 1. The van der Waals surface area contributed by atoms with E-state index in [1.54, 1.807) is 0 Å². The first-order valence-electron chi connectivity index (χ1n) is 6.36. The molecule has 1 unspecified atom stereocenters. The van der Waals surface area contributed by atoms with E-state index in [9.17, 15) is 4.79 Å². The maximum Gasteiger partial charge on any atom is 0.243 e. The molecule has 1 aliphatic carbocycles. The summed E-state index contributed by atoms with van der Waals surface area (Å²) < 4.78 is 1.02. The quantitative estimate of drug-likeness (QED) is 0.896. The number of benzene rings is 1. The molecule has 1 amide bonds. The van der Waals surface area contributed by atoms with Crippen molar-refractivity contribution in [2.45, 2.75) is 38.1 Å². The van der Waals surface area contributed by atoms with Crippen molar-refractivity contribution in [2.75, 3.05) is 5.32 Å². The summed E-state index contributed by atoms with van der Waals surface area (Å²) in [7, 11) is 0. The molecular formula is C14H19BrN2O. The fraction of sp³-hybridized carbons (Fsp3) is 0.500. The van der Waals surface area contributed by atoms with Crippen LogP contribution in [0, 0.1) is 5.92 Å². The molecule has 0 heterocycles. The molecule has 1 aliphatic rings. The molecule has 3 N–H and O–H groups in total. The summed E-state index contributed by atoms with van der Waals surface area (Å²) >= 11 is 3.40. The Hall–Kier alpha value is -1.03. The van der Waals surface area contributed by atoms with E-state index in [4.69, 9.17) is 5.73 Å². The molecular weight excluding hydrogens is 292 g/mol. The smallest absolute Gasteiger partial charge is 0.243 e. The van der Waals surface area contributed by atoms with Gasteiger partial charge in [-0.25, -0.2) is 0 Å². The fourth-order valence-electron chi connectivity index (χ4n) is 2.70. The maximum absolute atomic E-state index is 11.8. The van der Waals surface area contributed by atoms with Crippen LogP contribution in [0.5, 0.6) is 0 Å². The largest absolute Gasteiger partial charge is 0.371 e. The number of carbonyl (C=O) groups excluding carboxylic acids is 1. The van der Waals surface area contributed by atoms with Crippen LogP contribution in [-0.2, 0) is 4.79 Å². The topological polar surface area (TPSA) is 55.1 Å². The standard InChI is InChI=1S/C14H19BrN2O/c1-14(13(16)18,10-4-2-3-5-10)17-12-8-6-11(15)7-9-12/h6-10,17H,2-5H2,1H3,(H2,16,18). The number of amides is 1. The summed E-state index contributed by atoms with van der Waals surface area (Å²) in [6.45, 7) is 1.92. The lowest BCUT2D eigenvalue weighted by Gasteiger charge is -2.34. The molecule has 0 aromatic heterocycles. The summed E-state index contributed by atoms with van der Waals surface area (Å²) in [4.78, 5) is 11.8. The van der Waals surface area contributed by atoms with Crippen molar-refractivity contribution in [2.24, 2.45) is 11.7 Å². The van der Waals surface area contributed by atoms with Crippen molar-refractivity contribution in [1.29, 1.82) is 0 Å². The molecule has 3 nitrogen and oxygen atoms in total. The van der Waals surface area contributed by atoms with Crippen LogP contribution in [0.4, 0.5) is 5.69 Å². The molecule has 98 valence electrons. The first-order valence-corrected chi connectivity index (χ1v) is 7.15. The first-order chi connectivity index (χ1) is 8.52. The Labute approximate surface area is 116 Å². The van der Waals surface area contributed by atoms with Gasteiger partial charge >= 0.3 is 0 Å². The van der Waals surface area contributed by atoms with Gasteiger partial charge in [-0.05, 0) is 49.9 Å². The van der Waals surface area contributed by atoms with Crippen LogP contribution < -0.4 is 11.1 Å². The van der Waals surface area contributed by atoms with Crippen LogP contribution in [0.3, 0.4) is 0 Å². The van der Waals surface area contributed by atoms with Gasteiger partial charge in [0.1, 0.15) is 5.54 Å². The van der Waals surface area contributed by atoms with Gasteiger partial charge in [0.05, 0.1) is 0 Å². The molecule has 0 spiro atoms. The van der Waals surface area contributed by atoms with Gasteiger partial charge in [0.2, 0.25) is 5.91 Å².